The summed E-state index contributed by atoms with van der Waals surface area (Å²) in [7, 11) is -4.02. The van der Waals surface area contributed by atoms with Crippen molar-refractivity contribution in [2.24, 2.45) is 0 Å². The molecule has 2 aliphatic heterocycles. The number of aromatic nitrogens is 2. The van der Waals surface area contributed by atoms with Gasteiger partial charge in [0.25, 0.3) is 0 Å². The summed E-state index contributed by atoms with van der Waals surface area (Å²) >= 11 is 0. The molecule has 1 saturated heterocycles. The van der Waals surface area contributed by atoms with Gasteiger partial charge < -0.3 is 14.5 Å². The van der Waals surface area contributed by atoms with Crippen LogP contribution in [0.1, 0.15) is 17.7 Å². The molecular formula is C19H22FN5O4S. The van der Waals surface area contributed by atoms with Crippen molar-refractivity contribution < 1.29 is 22.3 Å². The minimum Gasteiger partial charge on any atom is -0.378 e. The van der Waals surface area contributed by atoms with Gasteiger partial charge in [-0.05, 0) is 12.1 Å². The van der Waals surface area contributed by atoms with E-state index < -0.39 is 20.7 Å². The Kier molecular flexibility index (Phi) is 5.93. The van der Waals surface area contributed by atoms with Gasteiger partial charge in [-0.1, -0.05) is 12.1 Å². The first-order chi connectivity index (χ1) is 14.4. The predicted molar refractivity (Wildman–Crippen MR) is 106 cm³/mol. The van der Waals surface area contributed by atoms with Crippen molar-refractivity contribution in [3.63, 3.8) is 0 Å². The van der Waals surface area contributed by atoms with E-state index in [2.05, 4.69) is 14.7 Å². The summed E-state index contributed by atoms with van der Waals surface area (Å²) in [4.78, 5) is 24.7. The van der Waals surface area contributed by atoms with Gasteiger partial charge in [0.05, 0.1) is 25.5 Å². The number of carbonyl (C=O) groups is 1. The molecule has 0 atom stereocenters. The molecule has 4 rings (SSSR count). The van der Waals surface area contributed by atoms with Crippen LogP contribution < -0.4 is 9.62 Å². The van der Waals surface area contributed by atoms with Crippen molar-refractivity contribution in [1.29, 1.82) is 0 Å². The van der Waals surface area contributed by atoms with Gasteiger partial charge in [0, 0.05) is 44.4 Å². The molecule has 160 valence electrons. The number of amides is 1. The summed E-state index contributed by atoms with van der Waals surface area (Å²) in [6, 6.07) is 5.11. The number of halogens is 1. The zero-order valence-corrected chi connectivity index (χ0v) is 17.1. The third kappa shape index (κ3) is 4.42. The van der Waals surface area contributed by atoms with Gasteiger partial charge in [0.15, 0.2) is 0 Å². The fraction of sp³-hybridized carbons (Fsp3) is 0.421. The van der Waals surface area contributed by atoms with Crippen LogP contribution in [0.5, 0.6) is 0 Å². The summed E-state index contributed by atoms with van der Waals surface area (Å²) < 4.78 is 45.8. The smallest absolute Gasteiger partial charge is 0.243 e. The molecule has 0 saturated carbocycles. The summed E-state index contributed by atoms with van der Waals surface area (Å²) in [5, 5.41) is 0. The van der Waals surface area contributed by atoms with Crippen LogP contribution in [-0.4, -0.2) is 62.0 Å². The lowest BCUT2D eigenvalue weighted by molar-refractivity contribution is -0.131. The van der Waals surface area contributed by atoms with Crippen LogP contribution in [0.3, 0.4) is 0 Å². The number of morpholine rings is 1. The van der Waals surface area contributed by atoms with Gasteiger partial charge in [-0.15, -0.1) is 0 Å². The van der Waals surface area contributed by atoms with Gasteiger partial charge in [-0.25, -0.2) is 27.5 Å². The first-order valence-corrected chi connectivity index (χ1v) is 11.1. The zero-order valence-electron chi connectivity index (χ0n) is 16.3. The first kappa shape index (κ1) is 20.6. The topological polar surface area (TPSA) is 105 Å². The van der Waals surface area contributed by atoms with Crippen molar-refractivity contribution in [3.8, 4) is 0 Å². The fourth-order valence-electron chi connectivity index (χ4n) is 3.43. The Balaban J connectivity index is 1.32. The number of sulfonamides is 1. The molecule has 0 radical (unpaired) electrons. The number of nitrogens with one attached hydrogen (secondary N) is 1. The first-order valence-electron chi connectivity index (χ1n) is 9.63. The van der Waals surface area contributed by atoms with E-state index in [4.69, 9.17) is 4.74 Å². The molecule has 0 bridgehead atoms. The SMILES string of the molecule is O=C(CCNS(=O)(=O)c1ccccc1F)N1Cc2cnc(N3CCOCC3)nc2C1. The van der Waals surface area contributed by atoms with Crippen LogP contribution in [0, 0.1) is 5.82 Å². The normalized spacial score (nSPS) is 16.6. The number of anilines is 1. The highest BCUT2D eigenvalue weighted by Gasteiger charge is 2.27. The molecule has 1 fully saturated rings. The van der Waals surface area contributed by atoms with Crippen LogP contribution in [0.25, 0.3) is 0 Å². The molecule has 2 aliphatic rings. The van der Waals surface area contributed by atoms with Crippen LogP contribution in [0.4, 0.5) is 10.3 Å². The molecule has 0 aliphatic carbocycles. The quantitative estimate of drug-likeness (QED) is 0.711. The van der Waals surface area contributed by atoms with E-state index in [-0.39, 0.29) is 18.9 Å². The number of nitrogens with zero attached hydrogens (tertiary/aromatic N) is 4. The highest BCUT2D eigenvalue weighted by atomic mass is 32.2. The molecular weight excluding hydrogens is 413 g/mol. The van der Waals surface area contributed by atoms with Gasteiger partial charge in [-0.2, -0.15) is 0 Å². The molecule has 1 aromatic heterocycles. The lowest BCUT2D eigenvalue weighted by atomic mass is 10.3. The third-order valence-electron chi connectivity index (χ3n) is 5.05. The Morgan fingerprint density at radius 3 is 2.73 bits per heavy atom. The Morgan fingerprint density at radius 2 is 1.97 bits per heavy atom. The maximum Gasteiger partial charge on any atom is 0.243 e. The second kappa shape index (κ2) is 8.62. The van der Waals surface area contributed by atoms with E-state index >= 15 is 0 Å². The fourth-order valence-corrected chi connectivity index (χ4v) is 4.53. The average molecular weight is 435 g/mol. The highest BCUT2D eigenvalue weighted by molar-refractivity contribution is 7.89. The Labute approximate surface area is 173 Å². The minimum absolute atomic E-state index is 0.0363. The van der Waals surface area contributed by atoms with Crippen molar-refractivity contribution >= 4 is 21.9 Å². The molecule has 1 amide bonds. The molecule has 0 spiro atoms. The molecule has 9 nitrogen and oxygen atoms in total. The van der Waals surface area contributed by atoms with Gasteiger partial charge in [0.2, 0.25) is 21.9 Å². The van der Waals surface area contributed by atoms with Gasteiger partial charge >= 0.3 is 0 Å². The second-order valence-electron chi connectivity index (χ2n) is 7.07. The van der Waals surface area contributed by atoms with Crippen molar-refractivity contribution in [2.75, 3.05) is 37.7 Å². The number of carbonyl (C=O) groups excluding carboxylic acids is 1. The lowest BCUT2D eigenvalue weighted by Gasteiger charge is -2.26. The predicted octanol–water partition coefficient (Wildman–Crippen LogP) is 0.663. The second-order valence-corrected chi connectivity index (χ2v) is 8.80. The van der Waals surface area contributed by atoms with E-state index in [1.807, 2.05) is 4.90 Å². The van der Waals surface area contributed by atoms with Crippen molar-refractivity contribution in [2.45, 2.75) is 24.4 Å². The van der Waals surface area contributed by atoms with Crippen LogP contribution in [-0.2, 0) is 32.6 Å². The largest absolute Gasteiger partial charge is 0.378 e. The number of ether oxygens (including phenoxy) is 1. The molecule has 1 aromatic carbocycles. The van der Waals surface area contributed by atoms with E-state index in [1.54, 1.807) is 11.1 Å². The third-order valence-corrected chi connectivity index (χ3v) is 6.54. The van der Waals surface area contributed by atoms with Crippen LogP contribution in [0.15, 0.2) is 35.4 Å². The van der Waals surface area contributed by atoms with E-state index in [0.29, 0.717) is 32.3 Å². The minimum atomic E-state index is -4.02. The molecule has 3 heterocycles. The van der Waals surface area contributed by atoms with Crippen molar-refractivity contribution in [3.05, 3.63) is 47.5 Å². The maximum absolute atomic E-state index is 13.7. The number of rotatable bonds is 6. The van der Waals surface area contributed by atoms with Gasteiger partial charge in [-0.3, -0.25) is 4.79 Å². The maximum atomic E-state index is 13.7. The molecule has 0 unspecified atom stereocenters. The van der Waals surface area contributed by atoms with E-state index in [1.165, 1.54) is 18.2 Å². The molecule has 30 heavy (non-hydrogen) atoms. The monoisotopic (exact) mass is 435 g/mol. The van der Waals surface area contributed by atoms with Crippen molar-refractivity contribution in [1.82, 2.24) is 19.6 Å². The van der Waals surface area contributed by atoms with E-state index in [0.717, 1.165) is 30.4 Å². The summed E-state index contributed by atoms with van der Waals surface area (Å²) in [5.41, 5.74) is 1.68. The number of benzene rings is 1. The Hall–Kier alpha value is -2.63. The van der Waals surface area contributed by atoms with Crippen LogP contribution >= 0.6 is 0 Å². The highest BCUT2D eigenvalue weighted by Crippen LogP contribution is 2.23. The summed E-state index contributed by atoms with van der Waals surface area (Å²) in [5.74, 6) is -0.415. The summed E-state index contributed by atoms with van der Waals surface area (Å²) in [6.07, 6.45) is 1.70. The number of hydrogen-bond donors (Lipinski definition) is 1. The molecule has 11 heteroatoms. The average Bonchev–Trinajstić information content (AvgIpc) is 3.18. The Morgan fingerprint density at radius 1 is 1.20 bits per heavy atom. The zero-order chi connectivity index (χ0) is 21.1. The molecule has 2 aromatic rings. The van der Waals surface area contributed by atoms with Gasteiger partial charge in [0.1, 0.15) is 10.7 Å². The number of hydrogen-bond acceptors (Lipinski definition) is 7. The summed E-state index contributed by atoms with van der Waals surface area (Å²) in [6.45, 7) is 3.34. The van der Waals surface area contributed by atoms with Crippen LogP contribution in [0.2, 0.25) is 0 Å². The number of fused-ring (bicyclic) bond motifs is 1. The Bertz CT molecular complexity index is 1040. The standard InChI is InChI=1S/C19H22FN5O4S/c20-15-3-1-2-4-17(15)30(27,28)22-6-5-18(26)25-12-14-11-21-19(23-16(14)13-25)24-7-9-29-10-8-24/h1-4,11,22H,5-10,12-13H2. The van der Waals surface area contributed by atoms with E-state index in [9.17, 15) is 17.6 Å². The molecule has 1 N–H and O–H groups in total. The lowest BCUT2D eigenvalue weighted by Crippen LogP contribution is -2.37.